The number of nitrogens with one attached hydrogen (secondary N) is 1. The molecule has 0 radical (unpaired) electrons. The Kier molecular flexibility index (Phi) is 6.35. The minimum atomic E-state index is 0.695. The molecule has 1 heterocycles. The molecule has 0 aromatic carbocycles. The van der Waals surface area contributed by atoms with E-state index < -0.39 is 0 Å². The molecule has 0 spiro atoms. The van der Waals surface area contributed by atoms with E-state index in [1.807, 2.05) is 0 Å². The predicted molar refractivity (Wildman–Crippen MR) is 88.1 cm³/mol. The number of hydrogen-bond donors (Lipinski definition) is 1. The fraction of sp³-hybridized carbons (Fsp3) is 1.00. The van der Waals surface area contributed by atoms with Gasteiger partial charge in [-0.25, -0.2) is 0 Å². The first-order chi connectivity index (χ1) is 9.56. The molecule has 20 heavy (non-hydrogen) atoms. The summed E-state index contributed by atoms with van der Waals surface area (Å²) in [6, 6.07) is 2.29. The second kappa shape index (κ2) is 7.79. The highest BCUT2D eigenvalue weighted by atomic mass is 15.2. The third-order valence-corrected chi connectivity index (χ3v) is 5.29. The van der Waals surface area contributed by atoms with Gasteiger partial charge in [0, 0.05) is 24.7 Å². The maximum Gasteiger partial charge on any atom is 0.0195 e. The fourth-order valence-corrected chi connectivity index (χ4v) is 4.39. The van der Waals surface area contributed by atoms with Crippen LogP contribution in [0.2, 0.25) is 0 Å². The van der Waals surface area contributed by atoms with Gasteiger partial charge in [0.15, 0.2) is 0 Å². The van der Waals surface area contributed by atoms with Gasteiger partial charge in [-0.1, -0.05) is 26.7 Å². The van der Waals surface area contributed by atoms with Gasteiger partial charge < -0.3 is 5.32 Å². The maximum absolute atomic E-state index is 3.68. The zero-order chi connectivity index (χ0) is 14.5. The first-order valence-electron chi connectivity index (χ1n) is 9.05. The average molecular weight is 280 g/mol. The molecule has 0 amide bonds. The summed E-state index contributed by atoms with van der Waals surface area (Å²) in [7, 11) is 0. The van der Waals surface area contributed by atoms with E-state index in [-0.39, 0.29) is 0 Å². The van der Waals surface area contributed by atoms with Crippen LogP contribution in [0.1, 0.15) is 72.6 Å². The molecule has 2 nitrogen and oxygen atoms in total. The zero-order valence-electron chi connectivity index (χ0n) is 14.2. The molecule has 1 saturated carbocycles. The van der Waals surface area contributed by atoms with E-state index in [9.17, 15) is 0 Å². The quantitative estimate of drug-likeness (QED) is 0.789. The highest BCUT2D eigenvalue weighted by Crippen LogP contribution is 2.33. The SMILES string of the molecule is CC(C)CC1CCCC(N(CC2CCCN2)C(C)C)C1. The summed E-state index contributed by atoms with van der Waals surface area (Å²) in [5, 5.41) is 3.68. The third kappa shape index (κ3) is 4.73. The Hall–Kier alpha value is -0.0800. The summed E-state index contributed by atoms with van der Waals surface area (Å²) in [6.45, 7) is 12.1. The average Bonchev–Trinajstić information content (AvgIpc) is 2.88. The van der Waals surface area contributed by atoms with E-state index in [0.717, 1.165) is 23.9 Å². The van der Waals surface area contributed by atoms with Crippen molar-refractivity contribution in [2.75, 3.05) is 13.1 Å². The van der Waals surface area contributed by atoms with Gasteiger partial charge in [0.25, 0.3) is 0 Å². The second-order valence-corrected chi connectivity index (χ2v) is 7.90. The molecular weight excluding hydrogens is 244 g/mol. The molecule has 1 aliphatic heterocycles. The van der Waals surface area contributed by atoms with Crippen LogP contribution >= 0.6 is 0 Å². The van der Waals surface area contributed by atoms with E-state index in [1.165, 1.54) is 58.0 Å². The molecule has 2 aliphatic rings. The van der Waals surface area contributed by atoms with Gasteiger partial charge >= 0.3 is 0 Å². The Morgan fingerprint density at radius 1 is 1.05 bits per heavy atom. The van der Waals surface area contributed by atoms with Crippen LogP contribution < -0.4 is 5.32 Å². The number of rotatable bonds is 6. The van der Waals surface area contributed by atoms with Gasteiger partial charge in [-0.15, -0.1) is 0 Å². The standard InChI is InChI=1S/C18H36N2/c1-14(2)11-16-7-5-9-18(12-16)20(15(3)4)13-17-8-6-10-19-17/h14-19H,5-13H2,1-4H3. The molecule has 1 saturated heterocycles. The Bertz CT molecular complexity index is 269. The monoisotopic (exact) mass is 280 g/mol. The lowest BCUT2D eigenvalue weighted by Crippen LogP contribution is -2.48. The van der Waals surface area contributed by atoms with E-state index in [2.05, 4.69) is 37.9 Å². The minimum Gasteiger partial charge on any atom is -0.313 e. The van der Waals surface area contributed by atoms with Crippen molar-refractivity contribution in [1.29, 1.82) is 0 Å². The van der Waals surface area contributed by atoms with Crippen molar-refractivity contribution in [2.24, 2.45) is 11.8 Å². The Labute approximate surface area is 126 Å². The van der Waals surface area contributed by atoms with Crippen LogP contribution in [0.3, 0.4) is 0 Å². The number of nitrogens with zero attached hydrogens (tertiary/aromatic N) is 1. The van der Waals surface area contributed by atoms with Crippen molar-refractivity contribution in [3.63, 3.8) is 0 Å². The summed E-state index contributed by atoms with van der Waals surface area (Å²) in [5.74, 6) is 1.84. The highest BCUT2D eigenvalue weighted by molar-refractivity contribution is 4.86. The van der Waals surface area contributed by atoms with Crippen LogP contribution in [0.15, 0.2) is 0 Å². The summed E-state index contributed by atoms with van der Waals surface area (Å²) in [6.07, 6.45) is 9.99. The van der Waals surface area contributed by atoms with Crippen LogP contribution in [0.25, 0.3) is 0 Å². The molecule has 2 fully saturated rings. The predicted octanol–water partition coefficient (Wildman–Crippen LogP) is 4.05. The van der Waals surface area contributed by atoms with Crippen molar-refractivity contribution < 1.29 is 0 Å². The Morgan fingerprint density at radius 2 is 1.85 bits per heavy atom. The van der Waals surface area contributed by atoms with Crippen LogP contribution in [0, 0.1) is 11.8 Å². The van der Waals surface area contributed by atoms with Gasteiger partial charge in [-0.3, -0.25) is 4.90 Å². The van der Waals surface area contributed by atoms with Crippen LogP contribution in [-0.4, -0.2) is 36.1 Å². The normalized spacial score (nSPS) is 31.6. The smallest absolute Gasteiger partial charge is 0.0195 e. The lowest BCUT2D eigenvalue weighted by Gasteiger charge is -2.41. The summed E-state index contributed by atoms with van der Waals surface area (Å²) < 4.78 is 0. The van der Waals surface area contributed by atoms with Crippen LogP contribution in [-0.2, 0) is 0 Å². The lowest BCUT2D eigenvalue weighted by molar-refractivity contribution is 0.0856. The summed E-state index contributed by atoms with van der Waals surface area (Å²) >= 11 is 0. The zero-order valence-corrected chi connectivity index (χ0v) is 14.2. The molecule has 3 unspecified atom stereocenters. The molecule has 1 N–H and O–H groups in total. The molecule has 118 valence electrons. The molecule has 0 bridgehead atoms. The third-order valence-electron chi connectivity index (χ3n) is 5.29. The highest BCUT2D eigenvalue weighted by Gasteiger charge is 2.30. The van der Waals surface area contributed by atoms with Crippen molar-refractivity contribution in [2.45, 2.75) is 90.8 Å². The van der Waals surface area contributed by atoms with Gasteiger partial charge in [-0.2, -0.15) is 0 Å². The molecule has 2 heteroatoms. The van der Waals surface area contributed by atoms with E-state index in [0.29, 0.717) is 6.04 Å². The first kappa shape index (κ1) is 16.3. The lowest BCUT2D eigenvalue weighted by atomic mass is 9.80. The molecular formula is C18H36N2. The van der Waals surface area contributed by atoms with Crippen molar-refractivity contribution in [3.05, 3.63) is 0 Å². The summed E-state index contributed by atoms with van der Waals surface area (Å²) in [4.78, 5) is 2.81. The fourth-order valence-electron chi connectivity index (χ4n) is 4.39. The maximum atomic E-state index is 3.68. The topological polar surface area (TPSA) is 15.3 Å². The van der Waals surface area contributed by atoms with Gasteiger partial charge in [-0.05, 0) is 64.3 Å². The molecule has 1 aliphatic carbocycles. The van der Waals surface area contributed by atoms with Gasteiger partial charge in [0.1, 0.15) is 0 Å². The summed E-state index contributed by atoms with van der Waals surface area (Å²) in [5.41, 5.74) is 0. The van der Waals surface area contributed by atoms with E-state index in [1.54, 1.807) is 0 Å². The Balaban J connectivity index is 1.90. The van der Waals surface area contributed by atoms with Gasteiger partial charge in [0.05, 0.1) is 0 Å². The number of hydrogen-bond acceptors (Lipinski definition) is 2. The van der Waals surface area contributed by atoms with Crippen LogP contribution in [0.5, 0.6) is 0 Å². The first-order valence-corrected chi connectivity index (χ1v) is 9.05. The van der Waals surface area contributed by atoms with Crippen molar-refractivity contribution in [1.82, 2.24) is 10.2 Å². The molecule has 3 atom stereocenters. The Morgan fingerprint density at radius 3 is 2.45 bits per heavy atom. The molecule has 0 aromatic heterocycles. The molecule has 0 aromatic rings. The van der Waals surface area contributed by atoms with Gasteiger partial charge in [0.2, 0.25) is 0 Å². The second-order valence-electron chi connectivity index (χ2n) is 7.90. The van der Waals surface area contributed by atoms with E-state index >= 15 is 0 Å². The van der Waals surface area contributed by atoms with E-state index in [4.69, 9.17) is 0 Å². The largest absolute Gasteiger partial charge is 0.313 e. The minimum absolute atomic E-state index is 0.695. The van der Waals surface area contributed by atoms with Crippen LogP contribution in [0.4, 0.5) is 0 Å². The van der Waals surface area contributed by atoms with Crippen molar-refractivity contribution in [3.8, 4) is 0 Å². The molecule has 2 rings (SSSR count). The van der Waals surface area contributed by atoms with Crippen molar-refractivity contribution >= 4 is 0 Å².